The molecule has 0 aromatic rings. The van der Waals surface area contributed by atoms with Crippen LogP contribution in [0.4, 0.5) is 0 Å². The van der Waals surface area contributed by atoms with Crippen LogP contribution >= 0.6 is 0 Å². The van der Waals surface area contributed by atoms with Gasteiger partial charge in [0.15, 0.2) is 0 Å². The van der Waals surface area contributed by atoms with Crippen LogP contribution in [-0.4, -0.2) is 0 Å². The Balaban J connectivity index is 3.31. The van der Waals surface area contributed by atoms with E-state index in [4.69, 9.17) is 0 Å². The van der Waals surface area contributed by atoms with Crippen molar-refractivity contribution >= 4 is 0 Å². The molecule has 0 saturated heterocycles. The maximum Gasteiger partial charge on any atom is -0.0166 e. The van der Waals surface area contributed by atoms with Gasteiger partial charge in [0, 0.05) is 0 Å². The maximum atomic E-state index is 3.62. The van der Waals surface area contributed by atoms with Crippen LogP contribution in [0.25, 0.3) is 0 Å². The molecule has 0 aliphatic heterocycles. The molecule has 0 aliphatic rings. The normalized spacial score (nSPS) is 12.6. The molecule has 0 heterocycles. The van der Waals surface area contributed by atoms with Gasteiger partial charge in [-0.25, -0.2) is 0 Å². The molecule has 0 heteroatoms. The minimum absolute atomic E-state index is 1.01. The van der Waals surface area contributed by atoms with Gasteiger partial charge in [-0.15, -0.1) is 0 Å². The second kappa shape index (κ2) is 13.7. The summed E-state index contributed by atoms with van der Waals surface area (Å²) in [5.74, 6) is 0. The first kappa shape index (κ1) is 14.7. The minimum Gasteiger partial charge on any atom is -0.0991 e. The summed E-state index contributed by atoms with van der Waals surface area (Å²) in [7, 11) is 0. The smallest absolute Gasteiger partial charge is 0.0166 e. The Bertz CT molecular complexity index is 251. The molecule has 0 N–H and O–H groups in total. The van der Waals surface area contributed by atoms with Crippen LogP contribution in [-0.2, 0) is 0 Å². The molecule has 0 aromatic heterocycles. The molecule has 16 heavy (non-hydrogen) atoms. The van der Waals surface area contributed by atoms with Crippen LogP contribution in [0.15, 0.2) is 61.3 Å². The predicted octanol–water partition coefficient (Wildman–Crippen LogP) is 5.37. The van der Waals surface area contributed by atoms with E-state index in [0.29, 0.717) is 0 Å². The second-order valence-electron chi connectivity index (χ2n) is 3.57. The molecule has 88 valence electrons. The van der Waals surface area contributed by atoms with E-state index >= 15 is 0 Å². The summed E-state index contributed by atoms with van der Waals surface area (Å²) >= 11 is 0. The molecule has 0 saturated carbocycles. The highest BCUT2D eigenvalue weighted by molar-refractivity contribution is 5.01. The first-order chi connectivity index (χ1) is 7.91. The van der Waals surface area contributed by atoms with E-state index < -0.39 is 0 Å². The summed E-state index contributed by atoms with van der Waals surface area (Å²) in [6.07, 6.45) is 24.8. The van der Waals surface area contributed by atoms with Gasteiger partial charge < -0.3 is 0 Å². The van der Waals surface area contributed by atoms with Crippen molar-refractivity contribution in [3.8, 4) is 0 Å². The van der Waals surface area contributed by atoms with Crippen molar-refractivity contribution in [2.45, 2.75) is 39.0 Å². The van der Waals surface area contributed by atoms with Gasteiger partial charge in [0.1, 0.15) is 0 Å². The summed E-state index contributed by atoms with van der Waals surface area (Å²) in [4.78, 5) is 0. The van der Waals surface area contributed by atoms with E-state index in [2.05, 4.69) is 56.0 Å². The Morgan fingerprint density at radius 3 is 1.88 bits per heavy atom. The zero-order chi connectivity index (χ0) is 11.9. The fourth-order valence-corrected chi connectivity index (χ4v) is 1.25. The molecule has 0 radical (unpaired) electrons. The van der Waals surface area contributed by atoms with Crippen LogP contribution < -0.4 is 0 Å². The number of unbranched alkanes of at least 4 members (excludes halogenated alkanes) is 2. The zero-order valence-electron chi connectivity index (χ0n) is 10.4. The summed E-state index contributed by atoms with van der Waals surface area (Å²) in [6.45, 7) is 5.69. The van der Waals surface area contributed by atoms with Gasteiger partial charge in [0.05, 0.1) is 0 Å². The van der Waals surface area contributed by atoms with Gasteiger partial charge in [-0.05, 0) is 39.0 Å². The molecule has 0 rings (SSSR count). The topological polar surface area (TPSA) is 0 Å². The molecule has 0 aliphatic carbocycles. The van der Waals surface area contributed by atoms with E-state index in [9.17, 15) is 0 Å². The van der Waals surface area contributed by atoms with Crippen molar-refractivity contribution in [2.75, 3.05) is 0 Å². The van der Waals surface area contributed by atoms with Gasteiger partial charge in [-0.3, -0.25) is 0 Å². The quantitative estimate of drug-likeness (QED) is 0.276. The number of rotatable bonds is 9. The largest absolute Gasteiger partial charge is 0.0991 e. The van der Waals surface area contributed by atoms with E-state index in [1.54, 1.807) is 6.08 Å². The van der Waals surface area contributed by atoms with E-state index in [0.717, 1.165) is 32.1 Å². The third kappa shape index (κ3) is 12.7. The Morgan fingerprint density at radius 1 is 0.750 bits per heavy atom. The Labute approximate surface area is 101 Å². The van der Waals surface area contributed by atoms with Crippen molar-refractivity contribution < 1.29 is 0 Å². The van der Waals surface area contributed by atoms with Crippen LogP contribution in [0.2, 0.25) is 0 Å². The second-order valence-corrected chi connectivity index (χ2v) is 3.57. The molecule has 0 bridgehead atoms. The first-order valence-corrected chi connectivity index (χ1v) is 6.10. The molecule has 0 nitrogen and oxygen atoms in total. The van der Waals surface area contributed by atoms with Gasteiger partial charge in [0.25, 0.3) is 0 Å². The number of allylic oxidation sites excluding steroid dienone is 9. The third-order valence-electron chi connectivity index (χ3n) is 2.11. The monoisotopic (exact) mass is 216 g/mol. The SMILES string of the molecule is C=C/C=C/C/C=C/CC/C=C/CC/C=C/C. The fraction of sp³-hybridized carbons (Fsp3) is 0.375. The summed E-state index contributed by atoms with van der Waals surface area (Å²) in [5, 5.41) is 0. The van der Waals surface area contributed by atoms with Crippen molar-refractivity contribution in [2.24, 2.45) is 0 Å². The van der Waals surface area contributed by atoms with Crippen molar-refractivity contribution in [1.29, 1.82) is 0 Å². The standard InChI is InChI=1S/C16H24/c1-3-5-7-9-11-13-15-16-14-12-10-8-6-4-2/h3-7,11-14H,1,8-10,15-16H2,2H3/b6-4+,7-5+,13-11+,14-12+. The Morgan fingerprint density at radius 2 is 1.31 bits per heavy atom. The van der Waals surface area contributed by atoms with Crippen LogP contribution in [0, 0.1) is 0 Å². The molecule has 0 atom stereocenters. The lowest BCUT2D eigenvalue weighted by atomic mass is 10.2. The molecule has 0 spiro atoms. The highest BCUT2D eigenvalue weighted by Gasteiger charge is 1.78. The Kier molecular flexibility index (Phi) is 12.6. The molecule has 0 amide bonds. The molecule has 0 aromatic carbocycles. The predicted molar refractivity (Wildman–Crippen MR) is 75.5 cm³/mol. The van der Waals surface area contributed by atoms with Crippen LogP contribution in [0.3, 0.4) is 0 Å². The van der Waals surface area contributed by atoms with E-state index in [-0.39, 0.29) is 0 Å². The number of hydrogen-bond acceptors (Lipinski definition) is 0. The first-order valence-electron chi connectivity index (χ1n) is 6.10. The highest BCUT2D eigenvalue weighted by atomic mass is 13.8. The summed E-state index contributed by atoms with van der Waals surface area (Å²) in [6, 6.07) is 0. The fourth-order valence-electron chi connectivity index (χ4n) is 1.25. The maximum absolute atomic E-state index is 3.62. The van der Waals surface area contributed by atoms with Crippen LogP contribution in [0.5, 0.6) is 0 Å². The molecule has 0 fully saturated rings. The van der Waals surface area contributed by atoms with Crippen molar-refractivity contribution in [3.05, 3.63) is 61.3 Å². The van der Waals surface area contributed by atoms with Crippen molar-refractivity contribution in [3.63, 3.8) is 0 Å². The van der Waals surface area contributed by atoms with Gasteiger partial charge >= 0.3 is 0 Å². The van der Waals surface area contributed by atoms with Gasteiger partial charge in [0.2, 0.25) is 0 Å². The average Bonchev–Trinajstić information content (AvgIpc) is 2.31. The van der Waals surface area contributed by atoms with E-state index in [1.807, 2.05) is 6.08 Å². The summed E-state index contributed by atoms with van der Waals surface area (Å²) < 4.78 is 0. The zero-order valence-corrected chi connectivity index (χ0v) is 10.4. The highest BCUT2D eigenvalue weighted by Crippen LogP contribution is 1.98. The molecule has 0 unspecified atom stereocenters. The lowest BCUT2D eigenvalue weighted by molar-refractivity contribution is 1.00. The third-order valence-corrected chi connectivity index (χ3v) is 2.11. The van der Waals surface area contributed by atoms with E-state index in [1.165, 1.54) is 0 Å². The van der Waals surface area contributed by atoms with Crippen LogP contribution in [0.1, 0.15) is 39.0 Å². The van der Waals surface area contributed by atoms with Gasteiger partial charge in [-0.1, -0.05) is 61.3 Å². The molecular formula is C16H24. The molecular weight excluding hydrogens is 192 g/mol. The number of hydrogen-bond donors (Lipinski definition) is 0. The Hall–Kier alpha value is -1.30. The van der Waals surface area contributed by atoms with Gasteiger partial charge in [-0.2, -0.15) is 0 Å². The lowest BCUT2D eigenvalue weighted by Gasteiger charge is -1.88. The summed E-state index contributed by atoms with van der Waals surface area (Å²) in [5.41, 5.74) is 0. The average molecular weight is 216 g/mol. The van der Waals surface area contributed by atoms with Crippen molar-refractivity contribution in [1.82, 2.24) is 0 Å². The lowest BCUT2D eigenvalue weighted by Crippen LogP contribution is -1.67. The minimum atomic E-state index is 1.01.